The smallest absolute Gasteiger partial charge is 0.457 e. The Kier molecular flexibility index (Phi) is 33.7. The number of rotatable bonds is 39. The molecule has 2 N–H and O–H groups in total. The van der Waals surface area contributed by atoms with Crippen LogP contribution in [0.5, 0.6) is 0 Å². The number of phosphoric acid groups is 1. The van der Waals surface area contributed by atoms with Crippen molar-refractivity contribution < 1.29 is 42.4 Å². The van der Waals surface area contributed by atoms with Crippen LogP contribution >= 0.6 is 7.82 Å². The minimum atomic E-state index is -4.66. The van der Waals surface area contributed by atoms with Gasteiger partial charge in [0.1, 0.15) is 13.2 Å². The highest BCUT2D eigenvalue weighted by molar-refractivity contribution is 7.47. The first-order valence-electron chi connectivity index (χ1n) is 21.4. The number of allylic oxidation sites excluding steroid dienone is 2. The SMILES string of the molecule is CCCCCCCCC=CCCCCCCCC(=O)O[C@@H](CO)C(OP(=O)(O)OCC[N+](C)(C)C)C(=O)CCCCCCCCCCCCCCC. The van der Waals surface area contributed by atoms with E-state index in [-0.39, 0.29) is 19.4 Å². The molecule has 3 atom stereocenters. The predicted octanol–water partition coefficient (Wildman–Crippen LogP) is 11.2. The molecule has 0 radical (unpaired) electrons. The topological polar surface area (TPSA) is 119 Å². The van der Waals surface area contributed by atoms with Gasteiger partial charge >= 0.3 is 13.8 Å². The summed E-state index contributed by atoms with van der Waals surface area (Å²) in [6.45, 7) is 4.17. The summed E-state index contributed by atoms with van der Waals surface area (Å²) in [6.07, 6.45) is 32.0. The summed E-state index contributed by atoms with van der Waals surface area (Å²) >= 11 is 0. The van der Waals surface area contributed by atoms with Crippen LogP contribution in [0.3, 0.4) is 0 Å². The number of carbonyl (C=O) groups is 2. The number of quaternary nitrogens is 1. The highest BCUT2D eigenvalue weighted by Gasteiger charge is 2.38. The first-order valence-corrected chi connectivity index (χ1v) is 22.9. The van der Waals surface area contributed by atoms with Crippen LogP contribution in [0.4, 0.5) is 0 Å². The first-order chi connectivity index (χ1) is 25.0. The van der Waals surface area contributed by atoms with Gasteiger partial charge in [-0.15, -0.1) is 0 Å². The molecule has 0 aromatic carbocycles. The second-order valence-electron chi connectivity index (χ2n) is 15.8. The second-order valence-corrected chi connectivity index (χ2v) is 17.3. The Balaban J connectivity index is 4.66. The summed E-state index contributed by atoms with van der Waals surface area (Å²) in [6, 6.07) is 0. The van der Waals surface area contributed by atoms with Gasteiger partial charge in [-0.05, 0) is 38.5 Å². The molecule has 308 valence electrons. The number of carbonyl (C=O) groups excluding carboxylic acids is 2. The number of aliphatic hydroxyl groups excluding tert-OH is 1. The van der Waals surface area contributed by atoms with Gasteiger partial charge in [0.2, 0.25) is 0 Å². The van der Waals surface area contributed by atoms with Crippen LogP contribution < -0.4 is 0 Å². The van der Waals surface area contributed by atoms with Crippen molar-refractivity contribution in [3.05, 3.63) is 12.2 Å². The number of hydrogen-bond acceptors (Lipinski definition) is 7. The summed E-state index contributed by atoms with van der Waals surface area (Å²) < 4.78 is 29.4. The minimum Gasteiger partial charge on any atom is -0.457 e. The Morgan fingerprint density at radius 1 is 0.635 bits per heavy atom. The largest absolute Gasteiger partial charge is 0.473 e. The summed E-state index contributed by atoms with van der Waals surface area (Å²) in [5, 5.41) is 10.1. The number of nitrogens with zero attached hydrogens (tertiary/aromatic N) is 1. The van der Waals surface area contributed by atoms with Crippen LogP contribution in [0, 0.1) is 0 Å². The molecule has 0 fully saturated rings. The molecular weight excluding hydrogens is 677 g/mol. The van der Waals surface area contributed by atoms with Gasteiger partial charge in [0, 0.05) is 12.8 Å². The maximum atomic E-state index is 13.3. The van der Waals surface area contributed by atoms with Crippen molar-refractivity contribution in [3.63, 3.8) is 0 Å². The van der Waals surface area contributed by atoms with Gasteiger partial charge in [-0.3, -0.25) is 18.6 Å². The monoisotopic (exact) mass is 761 g/mol. The molecule has 0 saturated heterocycles. The fraction of sp³-hybridized carbons (Fsp3) is 0.905. The number of Topliss-reactive ketones (excluding diaryl/α,β-unsaturated/α-hetero) is 1. The Morgan fingerprint density at radius 2 is 1.04 bits per heavy atom. The molecule has 52 heavy (non-hydrogen) atoms. The van der Waals surface area contributed by atoms with E-state index >= 15 is 0 Å². The molecule has 0 spiro atoms. The number of phosphoric ester groups is 1. The van der Waals surface area contributed by atoms with E-state index in [1.165, 1.54) is 103 Å². The normalized spacial score (nSPS) is 14.4. The highest BCUT2D eigenvalue weighted by atomic mass is 31.2. The third kappa shape index (κ3) is 33.5. The second kappa shape index (κ2) is 34.4. The minimum absolute atomic E-state index is 0.0594. The standard InChI is InChI=1S/C42H82NO8P/c1-6-8-10-12-14-16-18-20-21-23-25-27-29-31-33-35-41(46)50-40(38-44)42(51-52(47,48)49-37-36-43(3,4)5)39(45)34-32-30-28-26-24-22-19-17-15-13-11-9-7-2/h20-21,40,42,44H,6-19,22-38H2,1-5H3/p+1/t40-,42?/m0/s1. The molecule has 0 aromatic rings. The molecule has 9 nitrogen and oxygen atoms in total. The molecule has 0 aliphatic heterocycles. The van der Waals surface area contributed by atoms with Gasteiger partial charge in [0.15, 0.2) is 18.0 Å². The van der Waals surface area contributed by atoms with E-state index in [1.54, 1.807) is 0 Å². The zero-order valence-corrected chi connectivity index (χ0v) is 35.4. The van der Waals surface area contributed by atoms with E-state index in [2.05, 4.69) is 26.0 Å². The van der Waals surface area contributed by atoms with Crippen molar-refractivity contribution in [2.24, 2.45) is 0 Å². The Bertz CT molecular complexity index is 922. The molecule has 0 saturated carbocycles. The zero-order chi connectivity index (χ0) is 38.8. The van der Waals surface area contributed by atoms with Gasteiger partial charge in [-0.1, -0.05) is 154 Å². The predicted molar refractivity (Wildman–Crippen MR) is 215 cm³/mol. The van der Waals surface area contributed by atoms with Crippen molar-refractivity contribution in [2.75, 3.05) is 40.9 Å². The molecule has 0 aliphatic rings. The summed E-state index contributed by atoms with van der Waals surface area (Å²) in [4.78, 5) is 36.5. The number of ketones is 1. The lowest BCUT2D eigenvalue weighted by molar-refractivity contribution is -0.870. The van der Waals surface area contributed by atoms with Gasteiger partial charge in [0.05, 0.1) is 27.7 Å². The zero-order valence-electron chi connectivity index (χ0n) is 34.5. The first kappa shape index (κ1) is 50.9. The number of esters is 1. The summed E-state index contributed by atoms with van der Waals surface area (Å²) in [7, 11) is 1.10. The molecule has 2 unspecified atom stereocenters. The van der Waals surface area contributed by atoms with Gasteiger partial charge < -0.3 is 19.2 Å². The molecule has 10 heteroatoms. The van der Waals surface area contributed by atoms with Crippen molar-refractivity contribution in [1.82, 2.24) is 0 Å². The van der Waals surface area contributed by atoms with Gasteiger partial charge in [0.25, 0.3) is 0 Å². The average Bonchev–Trinajstić information content (AvgIpc) is 3.09. The quantitative estimate of drug-likeness (QED) is 0.0209. The lowest BCUT2D eigenvalue weighted by Crippen LogP contribution is -2.42. The summed E-state index contributed by atoms with van der Waals surface area (Å²) in [5.74, 6) is -1.03. The molecule has 0 aromatic heterocycles. The van der Waals surface area contributed by atoms with Crippen LogP contribution in [0.1, 0.15) is 194 Å². The number of aliphatic hydroxyl groups is 1. The van der Waals surface area contributed by atoms with Gasteiger partial charge in [-0.25, -0.2) is 4.57 Å². The molecule has 0 aliphatic carbocycles. The Hall–Kier alpha value is -1.09. The van der Waals surface area contributed by atoms with E-state index in [0.717, 1.165) is 51.4 Å². The molecule has 0 amide bonds. The van der Waals surface area contributed by atoms with Gasteiger partial charge in [-0.2, -0.15) is 0 Å². The van der Waals surface area contributed by atoms with Crippen LogP contribution in [0.25, 0.3) is 0 Å². The average molecular weight is 761 g/mol. The highest BCUT2D eigenvalue weighted by Crippen LogP contribution is 2.45. The molecule has 0 heterocycles. The van der Waals surface area contributed by atoms with Crippen LogP contribution in [0.2, 0.25) is 0 Å². The lowest BCUT2D eigenvalue weighted by atomic mass is 10.0. The molecule has 0 bridgehead atoms. The van der Waals surface area contributed by atoms with Crippen LogP contribution in [-0.4, -0.2) is 79.3 Å². The van der Waals surface area contributed by atoms with Crippen molar-refractivity contribution in [3.8, 4) is 0 Å². The fourth-order valence-corrected chi connectivity index (χ4v) is 7.07. The number of hydrogen-bond donors (Lipinski definition) is 2. The molecule has 0 rings (SSSR count). The van der Waals surface area contributed by atoms with E-state index in [1.807, 2.05) is 21.1 Å². The maximum Gasteiger partial charge on any atom is 0.473 e. The lowest BCUT2D eigenvalue weighted by Gasteiger charge is -2.27. The Labute approximate surface area is 320 Å². The van der Waals surface area contributed by atoms with E-state index in [4.69, 9.17) is 13.8 Å². The third-order valence-corrected chi connectivity index (χ3v) is 10.6. The Morgan fingerprint density at radius 3 is 1.46 bits per heavy atom. The fourth-order valence-electron chi connectivity index (χ4n) is 6.16. The number of unbranched alkanes of at least 4 members (excludes halogenated alkanes) is 23. The maximum absolute atomic E-state index is 13.3. The van der Waals surface area contributed by atoms with Crippen molar-refractivity contribution in [1.29, 1.82) is 0 Å². The van der Waals surface area contributed by atoms with E-state index in [9.17, 15) is 24.2 Å². The molecular formula is C42H83NO8P+. The number of likely N-dealkylation sites (N-methyl/N-ethyl adjacent to an activating group) is 1. The van der Waals surface area contributed by atoms with Crippen molar-refractivity contribution >= 4 is 19.6 Å². The van der Waals surface area contributed by atoms with E-state index in [0.29, 0.717) is 23.9 Å². The van der Waals surface area contributed by atoms with Crippen LogP contribution in [0.15, 0.2) is 12.2 Å². The van der Waals surface area contributed by atoms with E-state index < -0.39 is 38.4 Å². The summed E-state index contributed by atoms with van der Waals surface area (Å²) in [5.41, 5.74) is 0. The van der Waals surface area contributed by atoms with Crippen molar-refractivity contribution in [2.45, 2.75) is 206 Å². The number of ether oxygens (including phenoxy) is 1. The third-order valence-electron chi connectivity index (χ3n) is 9.55. The van der Waals surface area contributed by atoms with Crippen LogP contribution in [-0.2, 0) is 27.9 Å².